The van der Waals surface area contributed by atoms with Crippen LogP contribution in [0.25, 0.3) is 0 Å². The summed E-state index contributed by atoms with van der Waals surface area (Å²) in [5.74, 6) is 0.689. The van der Waals surface area contributed by atoms with Gasteiger partial charge in [0.2, 0.25) is 0 Å². The van der Waals surface area contributed by atoms with Crippen LogP contribution < -0.4 is 4.74 Å². The van der Waals surface area contributed by atoms with Crippen molar-refractivity contribution in [2.45, 2.75) is 26.4 Å². The maximum absolute atomic E-state index is 10.2. The Hall–Kier alpha value is -1.46. The molecule has 0 aliphatic carbocycles. The van der Waals surface area contributed by atoms with Crippen molar-refractivity contribution in [2.75, 3.05) is 6.61 Å². The van der Waals surface area contributed by atoms with Crippen molar-refractivity contribution in [1.82, 2.24) is 9.97 Å². The first-order valence-corrected chi connectivity index (χ1v) is 6.70. The van der Waals surface area contributed by atoms with Crippen molar-refractivity contribution >= 4 is 11.3 Å². The molecule has 0 saturated carbocycles. The van der Waals surface area contributed by atoms with Gasteiger partial charge in [-0.05, 0) is 19.4 Å². The van der Waals surface area contributed by atoms with Crippen LogP contribution in [-0.4, -0.2) is 21.7 Å². The standard InChI is InChI=1S/C13H16N2O2S/c1-3-4-17-11-5-10(6-14-7-11)13(16)12-8-15-9(2)18-12/h5-8,13,16H,3-4H2,1-2H3. The van der Waals surface area contributed by atoms with Crippen LogP contribution in [0.4, 0.5) is 0 Å². The highest BCUT2D eigenvalue weighted by Gasteiger charge is 2.14. The van der Waals surface area contributed by atoms with E-state index in [0.717, 1.165) is 21.9 Å². The lowest BCUT2D eigenvalue weighted by Crippen LogP contribution is -2.00. The second kappa shape index (κ2) is 5.93. The van der Waals surface area contributed by atoms with Crippen LogP contribution in [0.15, 0.2) is 24.7 Å². The zero-order valence-electron chi connectivity index (χ0n) is 10.5. The fourth-order valence-corrected chi connectivity index (χ4v) is 2.35. The molecule has 0 fully saturated rings. The quantitative estimate of drug-likeness (QED) is 0.902. The minimum atomic E-state index is -0.686. The molecule has 0 aliphatic rings. The van der Waals surface area contributed by atoms with Crippen molar-refractivity contribution in [2.24, 2.45) is 0 Å². The van der Waals surface area contributed by atoms with Gasteiger partial charge in [0.05, 0.1) is 22.7 Å². The predicted molar refractivity (Wildman–Crippen MR) is 70.9 cm³/mol. The van der Waals surface area contributed by atoms with E-state index in [1.54, 1.807) is 18.6 Å². The summed E-state index contributed by atoms with van der Waals surface area (Å²) in [6, 6.07) is 1.82. The second-order valence-corrected chi connectivity index (χ2v) is 5.25. The number of rotatable bonds is 5. The molecule has 0 spiro atoms. The molecule has 2 heterocycles. The third kappa shape index (κ3) is 3.05. The van der Waals surface area contributed by atoms with E-state index >= 15 is 0 Å². The van der Waals surface area contributed by atoms with Gasteiger partial charge in [-0.3, -0.25) is 4.98 Å². The number of ether oxygens (including phenoxy) is 1. The zero-order chi connectivity index (χ0) is 13.0. The van der Waals surface area contributed by atoms with E-state index in [4.69, 9.17) is 4.74 Å². The molecule has 0 radical (unpaired) electrons. The second-order valence-electron chi connectivity index (χ2n) is 3.99. The maximum Gasteiger partial charge on any atom is 0.137 e. The molecule has 2 aromatic heterocycles. The summed E-state index contributed by atoms with van der Waals surface area (Å²) in [6.07, 6.45) is 5.27. The monoisotopic (exact) mass is 264 g/mol. The van der Waals surface area contributed by atoms with Gasteiger partial charge in [0.1, 0.15) is 11.9 Å². The Morgan fingerprint density at radius 3 is 2.89 bits per heavy atom. The Balaban J connectivity index is 2.17. The molecule has 1 N–H and O–H groups in total. The third-order valence-corrected chi connectivity index (χ3v) is 3.40. The summed E-state index contributed by atoms with van der Waals surface area (Å²) in [4.78, 5) is 9.05. The number of aryl methyl sites for hydroxylation is 1. The number of aliphatic hydroxyl groups excluding tert-OH is 1. The summed E-state index contributed by atoms with van der Waals surface area (Å²) in [6.45, 7) is 4.62. The lowest BCUT2D eigenvalue weighted by Gasteiger charge is -2.10. The lowest BCUT2D eigenvalue weighted by molar-refractivity contribution is 0.222. The first kappa shape index (κ1) is 13.0. The number of hydrogen-bond acceptors (Lipinski definition) is 5. The van der Waals surface area contributed by atoms with Crippen molar-refractivity contribution < 1.29 is 9.84 Å². The van der Waals surface area contributed by atoms with Crippen molar-refractivity contribution in [1.29, 1.82) is 0 Å². The Labute approximate surface area is 110 Å². The fraction of sp³-hybridized carbons (Fsp3) is 0.385. The molecule has 1 atom stereocenters. The van der Waals surface area contributed by atoms with Crippen LogP contribution in [0, 0.1) is 6.92 Å². The number of nitrogens with zero attached hydrogens (tertiary/aromatic N) is 2. The molecule has 2 rings (SSSR count). The van der Waals surface area contributed by atoms with Gasteiger partial charge in [0.25, 0.3) is 0 Å². The maximum atomic E-state index is 10.2. The van der Waals surface area contributed by atoms with Crippen LogP contribution in [-0.2, 0) is 0 Å². The molecule has 2 aromatic rings. The number of hydrogen-bond donors (Lipinski definition) is 1. The van der Waals surface area contributed by atoms with Crippen molar-refractivity contribution in [3.8, 4) is 5.75 Å². The third-order valence-electron chi connectivity index (χ3n) is 2.43. The minimum absolute atomic E-state index is 0.654. The summed E-state index contributed by atoms with van der Waals surface area (Å²) in [7, 11) is 0. The SMILES string of the molecule is CCCOc1cncc(C(O)c2cnc(C)s2)c1. The van der Waals surface area contributed by atoms with Crippen LogP contribution >= 0.6 is 11.3 Å². The van der Waals surface area contributed by atoms with Gasteiger partial charge in [-0.15, -0.1) is 11.3 Å². The van der Waals surface area contributed by atoms with Gasteiger partial charge >= 0.3 is 0 Å². The molecular formula is C13H16N2O2S. The highest BCUT2D eigenvalue weighted by molar-refractivity contribution is 7.11. The topological polar surface area (TPSA) is 55.2 Å². The molecule has 4 nitrogen and oxygen atoms in total. The Morgan fingerprint density at radius 2 is 2.22 bits per heavy atom. The molecule has 0 saturated heterocycles. The normalized spacial score (nSPS) is 12.4. The Morgan fingerprint density at radius 1 is 1.39 bits per heavy atom. The minimum Gasteiger partial charge on any atom is -0.492 e. The van der Waals surface area contributed by atoms with Crippen LogP contribution in [0.5, 0.6) is 5.75 Å². The Bertz CT molecular complexity index is 513. The van der Waals surface area contributed by atoms with Gasteiger partial charge in [0.15, 0.2) is 0 Å². The van der Waals surface area contributed by atoms with E-state index < -0.39 is 6.10 Å². The molecule has 18 heavy (non-hydrogen) atoms. The van der Waals surface area contributed by atoms with E-state index in [2.05, 4.69) is 9.97 Å². The Kier molecular flexibility index (Phi) is 4.28. The van der Waals surface area contributed by atoms with Gasteiger partial charge < -0.3 is 9.84 Å². The zero-order valence-corrected chi connectivity index (χ0v) is 11.3. The summed E-state index contributed by atoms with van der Waals surface area (Å²) in [5.41, 5.74) is 0.729. The van der Waals surface area contributed by atoms with Gasteiger partial charge in [-0.25, -0.2) is 4.98 Å². The van der Waals surface area contributed by atoms with E-state index in [1.165, 1.54) is 11.3 Å². The predicted octanol–water partition coefficient (Wildman–Crippen LogP) is 2.72. The largest absolute Gasteiger partial charge is 0.492 e. The van der Waals surface area contributed by atoms with Gasteiger partial charge in [-0.1, -0.05) is 6.92 Å². The molecule has 96 valence electrons. The van der Waals surface area contributed by atoms with E-state index in [1.807, 2.05) is 19.9 Å². The van der Waals surface area contributed by atoms with E-state index in [0.29, 0.717) is 12.4 Å². The summed E-state index contributed by atoms with van der Waals surface area (Å²) in [5, 5.41) is 11.2. The molecule has 0 amide bonds. The number of pyridine rings is 1. The molecule has 0 aliphatic heterocycles. The lowest BCUT2D eigenvalue weighted by atomic mass is 10.1. The molecular weight excluding hydrogens is 248 g/mol. The first-order chi connectivity index (χ1) is 8.70. The number of aliphatic hydroxyl groups is 1. The van der Waals surface area contributed by atoms with Crippen LogP contribution in [0.1, 0.15) is 34.9 Å². The van der Waals surface area contributed by atoms with Gasteiger partial charge in [0, 0.05) is 18.0 Å². The van der Waals surface area contributed by atoms with Crippen molar-refractivity contribution in [3.63, 3.8) is 0 Å². The summed E-state index contributed by atoms with van der Waals surface area (Å²) < 4.78 is 5.50. The van der Waals surface area contributed by atoms with Crippen LogP contribution in [0.2, 0.25) is 0 Å². The van der Waals surface area contributed by atoms with Gasteiger partial charge in [-0.2, -0.15) is 0 Å². The van der Waals surface area contributed by atoms with Crippen LogP contribution in [0.3, 0.4) is 0 Å². The first-order valence-electron chi connectivity index (χ1n) is 5.89. The number of aromatic nitrogens is 2. The molecule has 5 heteroatoms. The molecule has 1 unspecified atom stereocenters. The van der Waals surface area contributed by atoms with Crippen molar-refractivity contribution in [3.05, 3.63) is 40.1 Å². The average Bonchev–Trinajstić information content (AvgIpc) is 2.82. The molecule has 0 bridgehead atoms. The average molecular weight is 264 g/mol. The van der Waals surface area contributed by atoms with E-state index in [-0.39, 0.29) is 0 Å². The highest BCUT2D eigenvalue weighted by atomic mass is 32.1. The number of thiazole rings is 1. The smallest absolute Gasteiger partial charge is 0.137 e. The highest BCUT2D eigenvalue weighted by Crippen LogP contribution is 2.27. The summed E-state index contributed by atoms with van der Waals surface area (Å²) >= 11 is 1.48. The fourth-order valence-electron chi connectivity index (χ4n) is 1.55. The van der Waals surface area contributed by atoms with E-state index in [9.17, 15) is 5.11 Å². The molecule has 0 aromatic carbocycles.